The summed E-state index contributed by atoms with van der Waals surface area (Å²) in [5.41, 5.74) is 1.42. The Morgan fingerprint density at radius 2 is 2.00 bits per heavy atom. The molecule has 1 aromatic carbocycles. The van der Waals surface area contributed by atoms with Crippen LogP contribution in [-0.4, -0.2) is 17.8 Å². The normalized spacial score (nSPS) is 24.1. The van der Waals surface area contributed by atoms with Gasteiger partial charge in [0, 0.05) is 16.2 Å². The molecule has 1 saturated carbocycles. The van der Waals surface area contributed by atoms with Crippen LogP contribution in [0.2, 0.25) is 0 Å². The Kier molecular flexibility index (Phi) is 5.58. The third kappa shape index (κ3) is 3.76. The molecule has 2 heteroatoms. The van der Waals surface area contributed by atoms with Crippen molar-refractivity contribution in [2.45, 2.75) is 62.1 Å². The summed E-state index contributed by atoms with van der Waals surface area (Å²) < 4.78 is 0. The highest BCUT2D eigenvalue weighted by Gasteiger charge is 2.25. The largest absolute Gasteiger partial charge is 0.313 e. The Morgan fingerprint density at radius 3 is 2.78 bits per heavy atom. The Labute approximate surface area is 116 Å². The van der Waals surface area contributed by atoms with Gasteiger partial charge in [0.25, 0.3) is 0 Å². The Morgan fingerprint density at radius 1 is 1.22 bits per heavy atom. The standard InChI is InChI=1S/C16H25NS/c1-3-12-17-14-9-5-7-11-16(14)18-15-10-6-4-8-13(15)2/h4,6,8,10,14,16-17H,3,5,7,9,11-12H2,1-2H3. The van der Waals surface area contributed by atoms with Crippen LogP contribution in [0.3, 0.4) is 0 Å². The molecular weight excluding hydrogens is 238 g/mol. The van der Waals surface area contributed by atoms with Gasteiger partial charge in [0.2, 0.25) is 0 Å². The molecule has 1 aliphatic rings. The van der Waals surface area contributed by atoms with Gasteiger partial charge < -0.3 is 5.32 Å². The Hall–Kier alpha value is -0.470. The summed E-state index contributed by atoms with van der Waals surface area (Å²) in [6.45, 7) is 5.63. The van der Waals surface area contributed by atoms with E-state index in [1.807, 2.05) is 0 Å². The lowest BCUT2D eigenvalue weighted by Crippen LogP contribution is -2.40. The first-order valence-corrected chi connectivity index (χ1v) is 8.15. The van der Waals surface area contributed by atoms with Gasteiger partial charge in [0.15, 0.2) is 0 Å². The van der Waals surface area contributed by atoms with Crippen molar-refractivity contribution in [3.05, 3.63) is 29.8 Å². The number of hydrogen-bond acceptors (Lipinski definition) is 2. The second kappa shape index (κ2) is 7.20. The number of hydrogen-bond donors (Lipinski definition) is 1. The van der Waals surface area contributed by atoms with Gasteiger partial charge in [-0.15, -0.1) is 11.8 Å². The van der Waals surface area contributed by atoms with Crippen molar-refractivity contribution in [2.24, 2.45) is 0 Å². The van der Waals surface area contributed by atoms with Crippen LogP contribution in [0.1, 0.15) is 44.6 Å². The average Bonchev–Trinajstić information content (AvgIpc) is 2.40. The molecule has 2 rings (SSSR count). The van der Waals surface area contributed by atoms with Crippen molar-refractivity contribution in [1.82, 2.24) is 5.32 Å². The zero-order chi connectivity index (χ0) is 12.8. The van der Waals surface area contributed by atoms with Crippen molar-refractivity contribution in [2.75, 3.05) is 6.54 Å². The number of aryl methyl sites for hydroxylation is 1. The van der Waals surface area contributed by atoms with E-state index in [1.165, 1.54) is 42.6 Å². The number of nitrogens with one attached hydrogen (secondary N) is 1. The molecule has 0 aliphatic heterocycles. The van der Waals surface area contributed by atoms with Gasteiger partial charge in [-0.3, -0.25) is 0 Å². The van der Waals surface area contributed by atoms with Crippen LogP contribution in [0.25, 0.3) is 0 Å². The zero-order valence-corrected chi connectivity index (χ0v) is 12.4. The van der Waals surface area contributed by atoms with Crippen molar-refractivity contribution in [3.63, 3.8) is 0 Å². The second-order valence-corrected chi connectivity index (χ2v) is 6.55. The fraction of sp³-hybridized carbons (Fsp3) is 0.625. The molecule has 0 heterocycles. The molecule has 1 N–H and O–H groups in total. The predicted molar refractivity (Wildman–Crippen MR) is 81.4 cm³/mol. The van der Waals surface area contributed by atoms with E-state index in [0.717, 1.165) is 11.8 Å². The quantitative estimate of drug-likeness (QED) is 0.845. The van der Waals surface area contributed by atoms with Crippen molar-refractivity contribution in [1.29, 1.82) is 0 Å². The van der Waals surface area contributed by atoms with E-state index in [1.54, 1.807) is 0 Å². The molecule has 0 radical (unpaired) electrons. The summed E-state index contributed by atoms with van der Waals surface area (Å²) in [7, 11) is 0. The molecule has 0 amide bonds. The molecule has 0 aromatic heterocycles. The van der Waals surface area contributed by atoms with Crippen molar-refractivity contribution in [3.8, 4) is 0 Å². The molecule has 18 heavy (non-hydrogen) atoms. The predicted octanol–water partition coefficient (Wildman–Crippen LogP) is 4.40. The van der Waals surface area contributed by atoms with Gasteiger partial charge in [-0.25, -0.2) is 0 Å². The lowest BCUT2D eigenvalue weighted by atomic mass is 9.95. The number of rotatable bonds is 5. The first-order valence-electron chi connectivity index (χ1n) is 7.27. The van der Waals surface area contributed by atoms with E-state index in [4.69, 9.17) is 0 Å². The summed E-state index contributed by atoms with van der Waals surface area (Å²) in [5, 5.41) is 4.50. The summed E-state index contributed by atoms with van der Waals surface area (Å²) >= 11 is 2.09. The highest BCUT2D eigenvalue weighted by molar-refractivity contribution is 8.00. The van der Waals surface area contributed by atoms with Crippen LogP contribution in [0, 0.1) is 6.92 Å². The van der Waals surface area contributed by atoms with Crippen molar-refractivity contribution >= 4 is 11.8 Å². The monoisotopic (exact) mass is 263 g/mol. The number of thioether (sulfide) groups is 1. The summed E-state index contributed by atoms with van der Waals surface area (Å²) in [6, 6.07) is 9.49. The van der Waals surface area contributed by atoms with Crippen LogP contribution >= 0.6 is 11.8 Å². The zero-order valence-electron chi connectivity index (χ0n) is 11.6. The molecule has 1 aliphatic carbocycles. The minimum absolute atomic E-state index is 0.711. The van der Waals surface area contributed by atoms with Crippen LogP contribution in [-0.2, 0) is 0 Å². The fourth-order valence-corrected chi connectivity index (χ4v) is 4.07. The third-order valence-corrected chi connectivity index (χ3v) is 5.31. The molecule has 100 valence electrons. The van der Waals surface area contributed by atoms with Gasteiger partial charge in [-0.1, -0.05) is 38.0 Å². The van der Waals surface area contributed by atoms with Gasteiger partial charge in [0.1, 0.15) is 0 Å². The molecular formula is C16H25NS. The number of benzene rings is 1. The van der Waals surface area contributed by atoms with Gasteiger partial charge in [0.05, 0.1) is 0 Å². The van der Waals surface area contributed by atoms with Crippen LogP contribution < -0.4 is 5.32 Å². The molecule has 1 nitrogen and oxygen atoms in total. The topological polar surface area (TPSA) is 12.0 Å². The van der Waals surface area contributed by atoms with E-state index >= 15 is 0 Å². The molecule has 2 unspecified atom stereocenters. The lowest BCUT2D eigenvalue weighted by molar-refractivity contribution is 0.384. The smallest absolute Gasteiger partial charge is 0.0248 e. The highest BCUT2D eigenvalue weighted by atomic mass is 32.2. The van der Waals surface area contributed by atoms with E-state index in [2.05, 4.69) is 55.2 Å². The molecule has 1 aromatic rings. The van der Waals surface area contributed by atoms with Gasteiger partial charge >= 0.3 is 0 Å². The summed E-state index contributed by atoms with van der Waals surface area (Å²) in [6.07, 6.45) is 6.74. The summed E-state index contributed by atoms with van der Waals surface area (Å²) in [4.78, 5) is 1.47. The first-order chi connectivity index (χ1) is 8.81. The van der Waals surface area contributed by atoms with Crippen LogP contribution in [0.15, 0.2) is 29.2 Å². The maximum Gasteiger partial charge on any atom is 0.0248 e. The SMILES string of the molecule is CCCNC1CCCCC1Sc1ccccc1C. The minimum atomic E-state index is 0.711. The molecule has 2 atom stereocenters. The Balaban J connectivity index is 1.98. The van der Waals surface area contributed by atoms with E-state index < -0.39 is 0 Å². The van der Waals surface area contributed by atoms with E-state index in [-0.39, 0.29) is 0 Å². The lowest BCUT2D eigenvalue weighted by Gasteiger charge is -2.32. The third-order valence-electron chi connectivity index (χ3n) is 3.73. The van der Waals surface area contributed by atoms with Crippen LogP contribution in [0.5, 0.6) is 0 Å². The highest BCUT2D eigenvalue weighted by Crippen LogP contribution is 2.35. The van der Waals surface area contributed by atoms with E-state index in [0.29, 0.717) is 6.04 Å². The van der Waals surface area contributed by atoms with Crippen LogP contribution in [0.4, 0.5) is 0 Å². The molecule has 0 spiro atoms. The first kappa shape index (κ1) is 14.0. The second-order valence-electron chi connectivity index (χ2n) is 5.27. The Bertz CT molecular complexity index is 364. The fourth-order valence-electron chi connectivity index (χ4n) is 2.65. The molecule has 0 bridgehead atoms. The van der Waals surface area contributed by atoms with Crippen molar-refractivity contribution < 1.29 is 0 Å². The molecule has 0 saturated heterocycles. The average molecular weight is 263 g/mol. The van der Waals surface area contributed by atoms with Gasteiger partial charge in [-0.05, 0) is 44.4 Å². The maximum atomic E-state index is 3.74. The van der Waals surface area contributed by atoms with E-state index in [9.17, 15) is 0 Å². The van der Waals surface area contributed by atoms with Gasteiger partial charge in [-0.2, -0.15) is 0 Å². The molecule has 1 fully saturated rings. The minimum Gasteiger partial charge on any atom is -0.313 e. The summed E-state index contributed by atoms with van der Waals surface area (Å²) in [5.74, 6) is 0. The maximum absolute atomic E-state index is 3.74.